The van der Waals surface area contributed by atoms with Gasteiger partial charge in [0.2, 0.25) is 0 Å². The fourth-order valence-corrected chi connectivity index (χ4v) is 2.75. The summed E-state index contributed by atoms with van der Waals surface area (Å²) < 4.78 is 0. The molecule has 3 unspecified atom stereocenters. The second-order valence-corrected chi connectivity index (χ2v) is 4.25. The van der Waals surface area contributed by atoms with Gasteiger partial charge in [0.25, 0.3) is 5.91 Å². The molecule has 0 bridgehead atoms. The maximum atomic E-state index is 11.6. The number of fused-ring (bicyclic) bond motifs is 1. The number of carbonyl (C=O) groups excluding carboxylic acids is 1. The lowest BCUT2D eigenvalue weighted by molar-refractivity contribution is -0.140. The lowest BCUT2D eigenvalue weighted by Gasteiger charge is -2.25. The van der Waals surface area contributed by atoms with Gasteiger partial charge in [0, 0.05) is 12.6 Å². The molecule has 2 fully saturated rings. The molecule has 13 heavy (non-hydrogen) atoms. The molecule has 0 spiro atoms. The molecule has 0 radical (unpaired) electrons. The minimum Gasteiger partial charge on any atom is -0.384 e. The van der Waals surface area contributed by atoms with Crippen LogP contribution in [0.1, 0.15) is 32.6 Å². The van der Waals surface area contributed by atoms with E-state index in [1.54, 1.807) is 6.92 Å². The van der Waals surface area contributed by atoms with Crippen molar-refractivity contribution in [2.24, 2.45) is 5.92 Å². The highest BCUT2D eigenvalue weighted by Gasteiger charge is 2.40. The van der Waals surface area contributed by atoms with Gasteiger partial charge in [-0.25, -0.2) is 0 Å². The number of aliphatic hydroxyl groups is 1. The number of amides is 1. The van der Waals surface area contributed by atoms with Gasteiger partial charge in [0.15, 0.2) is 0 Å². The summed E-state index contributed by atoms with van der Waals surface area (Å²) in [5.41, 5.74) is 0. The topological polar surface area (TPSA) is 40.5 Å². The number of likely N-dealkylation sites (tertiary alicyclic amines) is 1. The SMILES string of the molecule is CC(O)C(=O)N1CCC2CCCC21. The van der Waals surface area contributed by atoms with Crippen LogP contribution >= 0.6 is 0 Å². The van der Waals surface area contributed by atoms with Crippen molar-refractivity contribution in [2.45, 2.75) is 44.8 Å². The van der Waals surface area contributed by atoms with Crippen LogP contribution in [-0.2, 0) is 4.79 Å². The molecule has 1 heterocycles. The summed E-state index contributed by atoms with van der Waals surface area (Å²) in [6.45, 7) is 2.42. The van der Waals surface area contributed by atoms with Crippen molar-refractivity contribution in [2.75, 3.05) is 6.54 Å². The molecular weight excluding hydrogens is 166 g/mol. The first-order chi connectivity index (χ1) is 6.20. The lowest BCUT2D eigenvalue weighted by Crippen LogP contribution is -2.41. The molecule has 2 rings (SSSR count). The van der Waals surface area contributed by atoms with Gasteiger partial charge >= 0.3 is 0 Å². The summed E-state index contributed by atoms with van der Waals surface area (Å²) in [5.74, 6) is 0.650. The molecule has 0 aromatic rings. The van der Waals surface area contributed by atoms with E-state index in [9.17, 15) is 9.90 Å². The summed E-state index contributed by atoms with van der Waals surface area (Å²) in [5, 5.41) is 9.21. The summed E-state index contributed by atoms with van der Waals surface area (Å²) in [4.78, 5) is 13.5. The van der Waals surface area contributed by atoms with Crippen LogP contribution in [0.4, 0.5) is 0 Å². The quantitative estimate of drug-likeness (QED) is 0.652. The summed E-state index contributed by atoms with van der Waals surface area (Å²) >= 11 is 0. The molecule has 1 saturated heterocycles. The third kappa shape index (κ3) is 1.46. The standard InChI is InChI=1S/C10H17NO2/c1-7(12)10(13)11-6-5-8-3-2-4-9(8)11/h7-9,12H,2-6H2,1H3. The highest BCUT2D eigenvalue weighted by Crippen LogP contribution is 2.37. The molecule has 0 aromatic heterocycles. The average Bonchev–Trinajstić information content (AvgIpc) is 2.61. The first-order valence-corrected chi connectivity index (χ1v) is 5.18. The number of hydrogen-bond donors (Lipinski definition) is 1. The van der Waals surface area contributed by atoms with Gasteiger partial charge in [-0.2, -0.15) is 0 Å². The normalized spacial score (nSPS) is 34.8. The molecule has 1 saturated carbocycles. The number of aliphatic hydroxyl groups excluding tert-OH is 1. The monoisotopic (exact) mass is 183 g/mol. The van der Waals surface area contributed by atoms with E-state index in [0.717, 1.165) is 25.3 Å². The third-order valence-electron chi connectivity index (χ3n) is 3.40. The van der Waals surface area contributed by atoms with Crippen molar-refractivity contribution in [1.29, 1.82) is 0 Å². The van der Waals surface area contributed by atoms with Gasteiger partial charge in [-0.3, -0.25) is 4.79 Å². The van der Waals surface area contributed by atoms with E-state index < -0.39 is 6.10 Å². The Morgan fingerprint density at radius 1 is 1.46 bits per heavy atom. The molecule has 1 amide bonds. The van der Waals surface area contributed by atoms with Crippen LogP contribution in [0.25, 0.3) is 0 Å². The Labute approximate surface area is 78.7 Å². The smallest absolute Gasteiger partial charge is 0.251 e. The summed E-state index contributed by atoms with van der Waals surface area (Å²) in [6.07, 6.45) is 3.98. The second kappa shape index (κ2) is 3.29. The van der Waals surface area contributed by atoms with Gasteiger partial charge < -0.3 is 10.0 Å². The lowest BCUT2D eigenvalue weighted by atomic mass is 10.0. The Hall–Kier alpha value is -0.570. The fourth-order valence-electron chi connectivity index (χ4n) is 2.75. The Bertz CT molecular complexity index is 215. The van der Waals surface area contributed by atoms with Crippen molar-refractivity contribution < 1.29 is 9.90 Å². The van der Waals surface area contributed by atoms with Crippen LogP contribution in [0.15, 0.2) is 0 Å². The third-order valence-corrected chi connectivity index (χ3v) is 3.40. The van der Waals surface area contributed by atoms with E-state index in [1.807, 2.05) is 4.90 Å². The predicted octanol–water partition coefficient (Wildman–Crippen LogP) is 0.768. The maximum absolute atomic E-state index is 11.6. The van der Waals surface area contributed by atoms with Gasteiger partial charge in [-0.05, 0) is 32.1 Å². The molecule has 1 aliphatic heterocycles. The van der Waals surface area contributed by atoms with Gasteiger partial charge in [0.05, 0.1) is 0 Å². The molecule has 3 heteroatoms. The molecule has 3 atom stereocenters. The number of rotatable bonds is 1. The number of nitrogens with zero attached hydrogens (tertiary/aromatic N) is 1. The Balaban J connectivity index is 2.04. The van der Waals surface area contributed by atoms with Crippen LogP contribution in [0.5, 0.6) is 0 Å². The predicted molar refractivity (Wildman–Crippen MR) is 49.1 cm³/mol. The highest BCUT2D eigenvalue weighted by atomic mass is 16.3. The average molecular weight is 183 g/mol. The largest absolute Gasteiger partial charge is 0.384 e. The van der Waals surface area contributed by atoms with Gasteiger partial charge in [0.1, 0.15) is 6.10 Å². The van der Waals surface area contributed by atoms with Crippen molar-refractivity contribution >= 4 is 5.91 Å². The van der Waals surface area contributed by atoms with Gasteiger partial charge in [-0.1, -0.05) is 6.42 Å². The van der Waals surface area contributed by atoms with E-state index >= 15 is 0 Å². The van der Waals surface area contributed by atoms with Crippen molar-refractivity contribution in [3.63, 3.8) is 0 Å². The number of hydrogen-bond acceptors (Lipinski definition) is 2. The number of carbonyl (C=O) groups is 1. The van der Waals surface area contributed by atoms with Crippen LogP contribution < -0.4 is 0 Å². The molecule has 0 aromatic carbocycles. The van der Waals surface area contributed by atoms with E-state index in [1.165, 1.54) is 12.8 Å². The van der Waals surface area contributed by atoms with Crippen molar-refractivity contribution in [3.05, 3.63) is 0 Å². The van der Waals surface area contributed by atoms with E-state index in [-0.39, 0.29) is 5.91 Å². The molecule has 3 nitrogen and oxygen atoms in total. The molecule has 1 N–H and O–H groups in total. The van der Waals surface area contributed by atoms with Gasteiger partial charge in [-0.15, -0.1) is 0 Å². The zero-order valence-electron chi connectivity index (χ0n) is 8.07. The highest BCUT2D eigenvalue weighted by molar-refractivity contribution is 5.80. The van der Waals surface area contributed by atoms with E-state index in [2.05, 4.69) is 0 Å². The first kappa shape index (κ1) is 9.00. The molecule has 74 valence electrons. The maximum Gasteiger partial charge on any atom is 0.251 e. The molecule has 1 aliphatic carbocycles. The van der Waals surface area contributed by atoms with Crippen LogP contribution in [0, 0.1) is 5.92 Å². The van der Waals surface area contributed by atoms with E-state index in [0.29, 0.717) is 6.04 Å². The van der Waals surface area contributed by atoms with Crippen LogP contribution in [0.3, 0.4) is 0 Å². The zero-order valence-corrected chi connectivity index (χ0v) is 8.07. The zero-order chi connectivity index (χ0) is 9.42. The minimum atomic E-state index is -0.820. The first-order valence-electron chi connectivity index (χ1n) is 5.18. The minimum absolute atomic E-state index is 0.0746. The van der Waals surface area contributed by atoms with Crippen LogP contribution in [0.2, 0.25) is 0 Å². The van der Waals surface area contributed by atoms with E-state index in [4.69, 9.17) is 0 Å². The molecule has 2 aliphatic rings. The Morgan fingerprint density at radius 2 is 2.23 bits per heavy atom. The summed E-state index contributed by atoms with van der Waals surface area (Å²) in [7, 11) is 0. The van der Waals surface area contributed by atoms with Crippen molar-refractivity contribution in [1.82, 2.24) is 4.90 Å². The molecular formula is C10H17NO2. The Kier molecular flexibility index (Phi) is 2.28. The Morgan fingerprint density at radius 3 is 2.92 bits per heavy atom. The van der Waals surface area contributed by atoms with Crippen LogP contribution in [-0.4, -0.2) is 34.6 Å². The fraction of sp³-hybridized carbons (Fsp3) is 0.900. The summed E-state index contributed by atoms with van der Waals surface area (Å²) in [6, 6.07) is 0.446. The second-order valence-electron chi connectivity index (χ2n) is 4.25. The van der Waals surface area contributed by atoms with Crippen molar-refractivity contribution in [3.8, 4) is 0 Å².